The molecule has 3 rings (SSSR count). The van der Waals surface area contributed by atoms with E-state index in [0.717, 1.165) is 12.0 Å². The molecule has 29 heavy (non-hydrogen) atoms. The lowest BCUT2D eigenvalue weighted by Gasteiger charge is -2.13. The summed E-state index contributed by atoms with van der Waals surface area (Å²) in [6.07, 6.45) is 0.883. The van der Waals surface area contributed by atoms with Gasteiger partial charge in [-0.05, 0) is 49.7 Å². The number of amides is 1. The molecule has 0 unspecified atom stereocenters. The Balaban J connectivity index is 1.79. The molecule has 0 aliphatic rings. The first-order valence-electron chi connectivity index (χ1n) is 9.48. The maximum Gasteiger partial charge on any atom is 0.264 e. The lowest BCUT2D eigenvalue weighted by Crippen LogP contribution is -2.12. The number of hydrogen-bond donors (Lipinski definition) is 2. The highest BCUT2D eigenvalue weighted by Crippen LogP contribution is 2.29. The predicted molar refractivity (Wildman–Crippen MR) is 112 cm³/mol. The van der Waals surface area contributed by atoms with Crippen molar-refractivity contribution in [2.75, 3.05) is 18.5 Å². The van der Waals surface area contributed by atoms with Gasteiger partial charge in [-0.15, -0.1) is 0 Å². The molecule has 150 valence electrons. The zero-order valence-corrected chi connectivity index (χ0v) is 16.4. The first-order valence-corrected chi connectivity index (χ1v) is 9.48. The predicted octanol–water partition coefficient (Wildman–Crippen LogP) is 3.88. The van der Waals surface area contributed by atoms with Crippen LogP contribution in [0.25, 0.3) is 11.3 Å². The Labute approximate surface area is 168 Å². The Morgan fingerprint density at radius 2 is 1.90 bits per heavy atom. The lowest BCUT2D eigenvalue weighted by atomic mass is 10.1. The van der Waals surface area contributed by atoms with Crippen molar-refractivity contribution in [2.24, 2.45) is 0 Å². The number of nitrogens with zero attached hydrogens (tertiary/aromatic N) is 1. The van der Waals surface area contributed by atoms with Crippen LogP contribution in [-0.4, -0.2) is 29.3 Å². The van der Waals surface area contributed by atoms with Gasteiger partial charge >= 0.3 is 0 Å². The zero-order valence-electron chi connectivity index (χ0n) is 16.4. The third kappa shape index (κ3) is 5.22. The number of carbonyl (C=O) groups excluding carboxylic acids is 1. The van der Waals surface area contributed by atoms with Crippen molar-refractivity contribution in [3.8, 4) is 22.8 Å². The van der Waals surface area contributed by atoms with Gasteiger partial charge in [0.2, 0.25) is 0 Å². The minimum absolute atomic E-state index is 0.264. The summed E-state index contributed by atoms with van der Waals surface area (Å²) in [6, 6.07) is 15.4. The van der Waals surface area contributed by atoms with E-state index in [0.29, 0.717) is 41.7 Å². The number of ether oxygens (including phenoxy) is 2. The molecule has 7 heteroatoms. The van der Waals surface area contributed by atoms with Gasteiger partial charge in [-0.2, -0.15) is 5.10 Å². The minimum Gasteiger partial charge on any atom is -0.490 e. The smallest absolute Gasteiger partial charge is 0.264 e. The highest BCUT2D eigenvalue weighted by atomic mass is 16.5. The number of H-pyrrole nitrogens is 1. The molecule has 0 aliphatic heterocycles. The van der Waals surface area contributed by atoms with Crippen molar-refractivity contribution < 1.29 is 14.3 Å². The lowest BCUT2D eigenvalue weighted by molar-refractivity contribution is 0.102. The Kier molecular flexibility index (Phi) is 6.63. The van der Waals surface area contributed by atoms with Gasteiger partial charge in [0.15, 0.2) is 11.5 Å². The van der Waals surface area contributed by atoms with E-state index in [-0.39, 0.29) is 11.5 Å². The molecule has 0 saturated heterocycles. The topological polar surface area (TPSA) is 93.3 Å². The average molecular weight is 393 g/mol. The number of aromatic nitrogens is 2. The SMILES string of the molecule is CCCOc1ccc(C(=O)Nc2cccc(-c3ccc(=O)[nH]n3)c2)cc1OCC. The van der Waals surface area contributed by atoms with E-state index in [1.165, 1.54) is 6.07 Å². The van der Waals surface area contributed by atoms with Crippen molar-refractivity contribution in [1.82, 2.24) is 10.2 Å². The molecule has 1 aromatic heterocycles. The van der Waals surface area contributed by atoms with E-state index in [4.69, 9.17) is 9.47 Å². The van der Waals surface area contributed by atoms with E-state index < -0.39 is 0 Å². The number of nitrogens with one attached hydrogen (secondary N) is 2. The van der Waals surface area contributed by atoms with Crippen LogP contribution in [0.5, 0.6) is 11.5 Å². The van der Waals surface area contributed by atoms with Gasteiger partial charge in [0.25, 0.3) is 11.5 Å². The summed E-state index contributed by atoms with van der Waals surface area (Å²) in [5.74, 6) is 0.899. The second-order valence-electron chi connectivity index (χ2n) is 6.28. The van der Waals surface area contributed by atoms with E-state index >= 15 is 0 Å². The molecule has 0 saturated carbocycles. The molecule has 0 spiro atoms. The normalized spacial score (nSPS) is 10.4. The third-order valence-corrected chi connectivity index (χ3v) is 4.06. The van der Waals surface area contributed by atoms with Crippen LogP contribution in [0, 0.1) is 0 Å². The minimum atomic E-state index is -0.269. The Morgan fingerprint density at radius 3 is 2.62 bits per heavy atom. The van der Waals surface area contributed by atoms with Crippen molar-refractivity contribution >= 4 is 11.6 Å². The molecule has 1 amide bonds. The highest BCUT2D eigenvalue weighted by Gasteiger charge is 2.12. The molecule has 0 atom stereocenters. The second-order valence-corrected chi connectivity index (χ2v) is 6.28. The van der Waals surface area contributed by atoms with Gasteiger partial charge < -0.3 is 14.8 Å². The fourth-order valence-electron chi connectivity index (χ4n) is 2.71. The van der Waals surface area contributed by atoms with E-state index in [1.54, 1.807) is 36.4 Å². The molecule has 1 heterocycles. The van der Waals surface area contributed by atoms with Crippen LogP contribution in [0.4, 0.5) is 5.69 Å². The monoisotopic (exact) mass is 393 g/mol. The number of anilines is 1. The summed E-state index contributed by atoms with van der Waals surface area (Å²) in [6.45, 7) is 4.96. The Morgan fingerprint density at radius 1 is 1.03 bits per heavy atom. The van der Waals surface area contributed by atoms with Gasteiger partial charge in [0.1, 0.15) is 0 Å². The maximum atomic E-state index is 12.7. The van der Waals surface area contributed by atoms with Gasteiger partial charge in [-0.3, -0.25) is 9.59 Å². The molecule has 7 nitrogen and oxygen atoms in total. The van der Waals surface area contributed by atoms with Gasteiger partial charge in [0, 0.05) is 22.9 Å². The third-order valence-electron chi connectivity index (χ3n) is 4.06. The number of aromatic amines is 1. The number of carbonyl (C=O) groups is 1. The van der Waals surface area contributed by atoms with Crippen LogP contribution in [0.15, 0.2) is 59.4 Å². The molecule has 0 fully saturated rings. The van der Waals surface area contributed by atoms with E-state index in [2.05, 4.69) is 15.5 Å². The molecule has 2 aromatic carbocycles. The van der Waals surface area contributed by atoms with Crippen LogP contribution >= 0.6 is 0 Å². The first kappa shape index (κ1) is 20.1. The highest BCUT2D eigenvalue weighted by molar-refractivity contribution is 6.04. The van der Waals surface area contributed by atoms with Crippen molar-refractivity contribution in [3.05, 3.63) is 70.5 Å². The van der Waals surface area contributed by atoms with Gasteiger partial charge in [-0.1, -0.05) is 19.1 Å². The summed E-state index contributed by atoms with van der Waals surface area (Å²) in [5, 5.41) is 9.29. The summed E-state index contributed by atoms with van der Waals surface area (Å²) < 4.78 is 11.3. The average Bonchev–Trinajstić information content (AvgIpc) is 2.73. The van der Waals surface area contributed by atoms with Gasteiger partial charge in [-0.25, -0.2) is 5.10 Å². The molecule has 3 aromatic rings. The molecular formula is C22H23N3O4. The molecule has 0 aliphatic carbocycles. The summed E-state index contributed by atoms with van der Waals surface area (Å²) in [5.41, 5.74) is 2.19. The van der Waals surface area contributed by atoms with Crippen LogP contribution in [0.2, 0.25) is 0 Å². The quantitative estimate of drug-likeness (QED) is 0.606. The Hall–Kier alpha value is -3.61. The van der Waals surface area contributed by atoms with Crippen LogP contribution < -0.4 is 20.3 Å². The number of rotatable bonds is 8. The van der Waals surface area contributed by atoms with Crippen LogP contribution in [-0.2, 0) is 0 Å². The van der Waals surface area contributed by atoms with Crippen LogP contribution in [0.1, 0.15) is 30.6 Å². The molecular weight excluding hydrogens is 370 g/mol. The standard InChI is InChI=1S/C22H23N3O4/c1-3-12-29-19-10-8-16(14-20(19)28-4-2)22(27)23-17-7-5-6-15(13-17)18-9-11-21(26)25-24-18/h5-11,13-14H,3-4,12H2,1-2H3,(H,23,27)(H,25,26). The van der Waals surface area contributed by atoms with Crippen molar-refractivity contribution in [2.45, 2.75) is 20.3 Å². The van der Waals surface area contributed by atoms with Gasteiger partial charge in [0.05, 0.1) is 18.9 Å². The second kappa shape index (κ2) is 9.54. The first-order chi connectivity index (χ1) is 14.1. The van der Waals surface area contributed by atoms with E-state index in [1.807, 2.05) is 26.0 Å². The largest absolute Gasteiger partial charge is 0.490 e. The summed E-state index contributed by atoms with van der Waals surface area (Å²) >= 11 is 0. The molecule has 2 N–H and O–H groups in total. The summed E-state index contributed by atoms with van der Waals surface area (Å²) in [7, 11) is 0. The molecule has 0 bridgehead atoms. The fraction of sp³-hybridized carbons (Fsp3) is 0.227. The van der Waals surface area contributed by atoms with Crippen LogP contribution in [0.3, 0.4) is 0 Å². The van der Waals surface area contributed by atoms with Crippen molar-refractivity contribution in [1.29, 1.82) is 0 Å². The van der Waals surface area contributed by atoms with Crippen molar-refractivity contribution in [3.63, 3.8) is 0 Å². The summed E-state index contributed by atoms with van der Waals surface area (Å²) in [4.78, 5) is 23.9. The Bertz CT molecular complexity index is 1030. The number of benzene rings is 2. The van der Waals surface area contributed by atoms with E-state index in [9.17, 15) is 9.59 Å². The number of hydrogen-bond acceptors (Lipinski definition) is 5. The zero-order chi connectivity index (χ0) is 20.6. The fourth-order valence-corrected chi connectivity index (χ4v) is 2.71. The maximum absolute atomic E-state index is 12.7. The molecule has 0 radical (unpaired) electrons.